The minimum absolute atomic E-state index is 0.0812. The van der Waals surface area contributed by atoms with E-state index >= 15 is 0 Å². The molecule has 1 aliphatic heterocycles. The van der Waals surface area contributed by atoms with Gasteiger partial charge in [-0.15, -0.1) is 0 Å². The Labute approximate surface area is 205 Å². The monoisotopic (exact) mass is 520 g/mol. The topological polar surface area (TPSA) is 116 Å². The average Bonchev–Trinajstić information content (AvgIpc) is 3.16. The van der Waals surface area contributed by atoms with E-state index in [1.165, 1.54) is 4.31 Å². The van der Waals surface area contributed by atoms with Crippen molar-refractivity contribution in [2.24, 2.45) is 0 Å². The summed E-state index contributed by atoms with van der Waals surface area (Å²) in [6.45, 7) is 1.71. The highest BCUT2D eigenvalue weighted by Gasteiger charge is 2.35. The van der Waals surface area contributed by atoms with Crippen molar-refractivity contribution in [3.63, 3.8) is 0 Å². The van der Waals surface area contributed by atoms with Crippen LogP contribution in [0, 0.1) is 0 Å². The second-order valence-corrected chi connectivity index (χ2v) is 9.99. The lowest BCUT2D eigenvalue weighted by molar-refractivity contribution is -0.137. The first-order valence-corrected chi connectivity index (χ1v) is 12.7. The Kier molecular flexibility index (Phi) is 6.76. The largest absolute Gasteiger partial charge is 0.421 e. The molecule has 4 rings (SSSR count). The number of fused-ring (bicyclic) bond motifs is 1. The molecular weight excluding hydrogens is 497 g/mol. The van der Waals surface area contributed by atoms with Crippen molar-refractivity contribution >= 4 is 44.8 Å². The molecule has 0 bridgehead atoms. The van der Waals surface area contributed by atoms with Crippen LogP contribution in [0.25, 0.3) is 0 Å². The second kappa shape index (κ2) is 9.64. The molecule has 1 aliphatic rings. The number of hydrogen-bond donors (Lipinski definition) is 3. The van der Waals surface area contributed by atoms with Crippen LogP contribution in [0.5, 0.6) is 0 Å². The maximum atomic E-state index is 13.7. The number of amides is 1. The summed E-state index contributed by atoms with van der Waals surface area (Å²) >= 11 is 0. The van der Waals surface area contributed by atoms with Gasteiger partial charge in [-0.05, 0) is 42.3 Å². The molecule has 2 heterocycles. The van der Waals surface area contributed by atoms with Gasteiger partial charge in [-0.25, -0.2) is 13.4 Å². The molecule has 0 fully saturated rings. The smallest absolute Gasteiger partial charge is 0.365 e. The van der Waals surface area contributed by atoms with Gasteiger partial charge in [-0.2, -0.15) is 18.2 Å². The van der Waals surface area contributed by atoms with Crippen LogP contribution in [0.4, 0.5) is 42.0 Å². The fraction of sp³-hybridized carbons (Fsp3) is 0.261. The summed E-state index contributed by atoms with van der Waals surface area (Å²) < 4.78 is 66.6. The predicted molar refractivity (Wildman–Crippen MR) is 131 cm³/mol. The number of sulfonamides is 1. The third-order valence-corrected chi connectivity index (χ3v) is 6.73. The fourth-order valence-corrected chi connectivity index (χ4v) is 4.89. The lowest BCUT2D eigenvalue weighted by Gasteiger charge is -2.24. The standard InChI is InChI=1S/C23H23F3N6O3S/c1-3-32(36(2,34)35)19-7-5-4-6-14(19)12-27-21-17(23(24,25)26)13-28-22(31-21)29-16-8-9-18-15(10-16)11-20(33)30-18/h4-10,13H,3,11-12H2,1-2H3,(H,30,33)(H2,27,28,29,31). The van der Waals surface area contributed by atoms with Gasteiger partial charge in [0.2, 0.25) is 21.9 Å². The molecule has 0 unspecified atom stereocenters. The Morgan fingerprint density at radius 2 is 1.92 bits per heavy atom. The molecule has 36 heavy (non-hydrogen) atoms. The van der Waals surface area contributed by atoms with Gasteiger partial charge >= 0.3 is 6.18 Å². The van der Waals surface area contributed by atoms with Crippen molar-refractivity contribution in [2.75, 3.05) is 33.1 Å². The van der Waals surface area contributed by atoms with Crippen molar-refractivity contribution < 1.29 is 26.4 Å². The number of hydrogen-bond acceptors (Lipinski definition) is 7. The maximum Gasteiger partial charge on any atom is 0.421 e. The number of anilines is 5. The fourth-order valence-electron chi connectivity index (χ4n) is 3.89. The molecule has 0 radical (unpaired) electrons. The third-order valence-electron chi connectivity index (χ3n) is 5.47. The van der Waals surface area contributed by atoms with E-state index in [2.05, 4.69) is 25.9 Å². The van der Waals surface area contributed by atoms with Crippen molar-refractivity contribution in [1.82, 2.24) is 9.97 Å². The molecule has 0 aliphatic carbocycles. The molecule has 0 spiro atoms. The molecular formula is C23H23F3N6O3S. The molecule has 3 aromatic rings. The Balaban J connectivity index is 1.62. The lowest BCUT2D eigenvalue weighted by atomic mass is 10.1. The van der Waals surface area contributed by atoms with Gasteiger partial charge in [0.25, 0.3) is 0 Å². The first kappa shape index (κ1) is 25.2. The van der Waals surface area contributed by atoms with Gasteiger partial charge in [0, 0.05) is 30.7 Å². The summed E-state index contributed by atoms with van der Waals surface area (Å²) in [6.07, 6.45) is -2.78. The van der Waals surface area contributed by atoms with Crippen LogP contribution in [0.3, 0.4) is 0 Å². The van der Waals surface area contributed by atoms with Gasteiger partial charge in [0.15, 0.2) is 0 Å². The third kappa shape index (κ3) is 5.51. The van der Waals surface area contributed by atoms with Gasteiger partial charge < -0.3 is 16.0 Å². The van der Waals surface area contributed by atoms with Gasteiger partial charge in [0.1, 0.15) is 11.4 Å². The number of para-hydroxylation sites is 1. The van der Waals surface area contributed by atoms with Crippen LogP contribution < -0.4 is 20.3 Å². The Hall–Kier alpha value is -3.87. The van der Waals surface area contributed by atoms with Crippen LogP contribution in [-0.4, -0.2) is 37.1 Å². The summed E-state index contributed by atoms with van der Waals surface area (Å²) in [5, 5.41) is 8.27. The van der Waals surface area contributed by atoms with Crippen molar-refractivity contribution in [3.05, 3.63) is 65.4 Å². The molecule has 1 amide bonds. The predicted octanol–water partition coefficient (Wildman–Crippen LogP) is 4.13. The van der Waals surface area contributed by atoms with Crippen LogP contribution >= 0.6 is 0 Å². The van der Waals surface area contributed by atoms with E-state index < -0.39 is 27.6 Å². The number of carbonyl (C=O) groups is 1. The van der Waals surface area contributed by atoms with Crippen LogP contribution in [0.2, 0.25) is 0 Å². The summed E-state index contributed by atoms with van der Waals surface area (Å²) in [4.78, 5) is 19.4. The normalized spacial score (nSPS) is 13.2. The quantitative estimate of drug-likeness (QED) is 0.409. The molecule has 9 nitrogen and oxygen atoms in total. The van der Waals surface area contributed by atoms with E-state index in [9.17, 15) is 26.4 Å². The number of benzene rings is 2. The first-order chi connectivity index (χ1) is 17.0. The molecule has 2 aromatic carbocycles. The highest BCUT2D eigenvalue weighted by Crippen LogP contribution is 2.35. The highest BCUT2D eigenvalue weighted by atomic mass is 32.2. The highest BCUT2D eigenvalue weighted by molar-refractivity contribution is 7.92. The van der Waals surface area contributed by atoms with Crippen molar-refractivity contribution in [3.8, 4) is 0 Å². The Morgan fingerprint density at radius 3 is 2.61 bits per heavy atom. The number of nitrogens with zero attached hydrogens (tertiary/aromatic N) is 3. The van der Waals surface area contributed by atoms with E-state index in [-0.39, 0.29) is 31.4 Å². The number of alkyl halides is 3. The molecule has 0 atom stereocenters. The van der Waals surface area contributed by atoms with Crippen LogP contribution in [0.1, 0.15) is 23.6 Å². The van der Waals surface area contributed by atoms with E-state index in [0.29, 0.717) is 28.8 Å². The molecule has 190 valence electrons. The van der Waals surface area contributed by atoms with Crippen molar-refractivity contribution in [2.45, 2.75) is 26.1 Å². The minimum Gasteiger partial charge on any atom is -0.365 e. The summed E-state index contributed by atoms with van der Waals surface area (Å²) in [6, 6.07) is 11.6. The zero-order valence-electron chi connectivity index (χ0n) is 19.3. The Bertz CT molecular complexity index is 1410. The van der Waals surface area contributed by atoms with Gasteiger partial charge in [0.05, 0.1) is 18.4 Å². The maximum absolute atomic E-state index is 13.7. The summed E-state index contributed by atoms with van der Waals surface area (Å²) in [7, 11) is -3.59. The summed E-state index contributed by atoms with van der Waals surface area (Å²) in [5.74, 6) is -0.685. The zero-order valence-corrected chi connectivity index (χ0v) is 20.2. The second-order valence-electron chi connectivity index (χ2n) is 8.09. The van der Waals surface area contributed by atoms with Gasteiger partial charge in [-0.3, -0.25) is 9.10 Å². The van der Waals surface area contributed by atoms with E-state index in [0.717, 1.165) is 11.8 Å². The Morgan fingerprint density at radius 1 is 1.17 bits per heavy atom. The molecule has 0 saturated carbocycles. The first-order valence-electron chi connectivity index (χ1n) is 10.9. The molecule has 13 heteroatoms. The molecule has 1 aromatic heterocycles. The van der Waals surface area contributed by atoms with Crippen LogP contribution in [0.15, 0.2) is 48.7 Å². The van der Waals surface area contributed by atoms with Crippen LogP contribution in [-0.2, 0) is 34.0 Å². The van der Waals surface area contributed by atoms with E-state index in [1.54, 1.807) is 49.4 Å². The zero-order chi connectivity index (χ0) is 26.1. The number of aromatic nitrogens is 2. The number of nitrogens with one attached hydrogen (secondary N) is 3. The average molecular weight is 521 g/mol. The van der Waals surface area contributed by atoms with E-state index in [1.807, 2.05) is 0 Å². The van der Waals surface area contributed by atoms with Gasteiger partial charge in [-0.1, -0.05) is 18.2 Å². The number of halogens is 3. The number of carbonyl (C=O) groups excluding carboxylic acids is 1. The minimum atomic E-state index is -4.72. The van der Waals surface area contributed by atoms with E-state index in [4.69, 9.17) is 0 Å². The molecule has 0 saturated heterocycles. The van der Waals surface area contributed by atoms with Crippen molar-refractivity contribution in [1.29, 1.82) is 0 Å². The SMILES string of the molecule is CCN(c1ccccc1CNc1nc(Nc2ccc3c(c2)CC(=O)N3)ncc1C(F)(F)F)S(C)(=O)=O. The summed E-state index contributed by atoms with van der Waals surface area (Å²) in [5.41, 5.74) is 1.70. The molecule has 3 N–H and O–H groups in total. The number of rotatable bonds is 8. The lowest BCUT2D eigenvalue weighted by Crippen LogP contribution is -2.30.